The number of benzene rings is 1. The van der Waals surface area contributed by atoms with E-state index >= 15 is 0 Å². The largest absolute Gasteiger partial charge is 0.324 e. The lowest BCUT2D eigenvalue weighted by atomic mass is 9.94. The Bertz CT molecular complexity index is 528. The van der Waals surface area contributed by atoms with E-state index in [9.17, 15) is 4.79 Å². The van der Waals surface area contributed by atoms with Crippen LogP contribution >= 0.6 is 0 Å². The Morgan fingerprint density at radius 2 is 2.00 bits per heavy atom. The maximum Gasteiger partial charge on any atom is 0.232 e. The molecule has 4 heteroatoms. The van der Waals surface area contributed by atoms with Gasteiger partial charge in [0.25, 0.3) is 0 Å². The van der Waals surface area contributed by atoms with Crippen LogP contribution in [0.3, 0.4) is 0 Å². The van der Waals surface area contributed by atoms with Gasteiger partial charge in [-0.1, -0.05) is 30.3 Å². The van der Waals surface area contributed by atoms with Gasteiger partial charge in [-0.25, -0.2) is 0 Å². The minimum absolute atomic E-state index is 0.000509. The molecule has 20 heavy (non-hydrogen) atoms. The van der Waals surface area contributed by atoms with Crippen molar-refractivity contribution in [2.45, 2.75) is 12.3 Å². The predicted octanol–water partition coefficient (Wildman–Crippen LogP) is 2.41. The Hall–Kier alpha value is -2.20. The highest BCUT2D eigenvalue weighted by Gasteiger charge is 2.20. The fourth-order valence-corrected chi connectivity index (χ4v) is 2.09. The third-order valence-corrected chi connectivity index (χ3v) is 3.13. The molecule has 0 spiro atoms. The Kier molecular flexibility index (Phi) is 5.26. The number of hydrogen-bond donors (Lipinski definition) is 2. The van der Waals surface area contributed by atoms with E-state index in [1.54, 1.807) is 18.5 Å². The van der Waals surface area contributed by atoms with Gasteiger partial charge in [-0.05, 0) is 37.7 Å². The van der Waals surface area contributed by atoms with E-state index in [0.29, 0.717) is 0 Å². The van der Waals surface area contributed by atoms with Gasteiger partial charge in [-0.15, -0.1) is 0 Å². The van der Waals surface area contributed by atoms with Crippen LogP contribution in [-0.2, 0) is 4.79 Å². The van der Waals surface area contributed by atoms with Crippen LogP contribution in [0.5, 0.6) is 0 Å². The summed E-state index contributed by atoms with van der Waals surface area (Å²) in [6, 6.07) is 13.5. The summed E-state index contributed by atoms with van der Waals surface area (Å²) in [7, 11) is 1.89. The highest BCUT2D eigenvalue weighted by molar-refractivity contribution is 5.95. The van der Waals surface area contributed by atoms with Gasteiger partial charge in [-0.3, -0.25) is 9.78 Å². The average Bonchev–Trinajstić information content (AvgIpc) is 2.50. The Labute approximate surface area is 119 Å². The van der Waals surface area contributed by atoms with Gasteiger partial charge in [-0.2, -0.15) is 0 Å². The fourth-order valence-electron chi connectivity index (χ4n) is 2.09. The summed E-state index contributed by atoms with van der Waals surface area (Å²) in [6.45, 7) is 0.792. The summed E-state index contributed by atoms with van der Waals surface area (Å²) in [6.07, 6.45) is 4.09. The Morgan fingerprint density at radius 3 is 2.65 bits per heavy atom. The van der Waals surface area contributed by atoms with Crippen molar-refractivity contribution in [1.82, 2.24) is 10.3 Å². The third kappa shape index (κ3) is 3.90. The molecular weight excluding hydrogens is 250 g/mol. The summed E-state index contributed by atoms with van der Waals surface area (Å²) in [5, 5.41) is 6.01. The Morgan fingerprint density at radius 1 is 1.20 bits per heavy atom. The van der Waals surface area contributed by atoms with E-state index in [0.717, 1.165) is 24.2 Å². The van der Waals surface area contributed by atoms with Crippen molar-refractivity contribution >= 4 is 11.6 Å². The maximum atomic E-state index is 12.5. The zero-order chi connectivity index (χ0) is 14.2. The molecule has 0 radical (unpaired) electrons. The SMILES string of the molecule is CNCC[C@H](C(=O)Nc1cccnc1)c1ccccc1. The van der Waals surface area contributed by atoms with Crippen LogP contribution in [0.15, 0.2) is 54.9 Å². The van der Waals surface area contributed by atoms with Crippen LogP contribution in [0.2, 0.25) is 0 Å². The second-order valence-electron chi connectivity index (χ2n) is 4.59. The van der Waals surface area contributed by atoms with Crippen LogP contribution in [-0.4, -0.2) is 24.5 Å². The minimum atomic E-state index is -0.163. The molecule has 0 aliphatic rings. The summed E-state index contributed by atoms with van der Waals surface area (Å²) < 4.78 is 0. The monoisotopic (exact) mass is 269 g/mol. The van der Waals surface area contributed by atoms with Crippen molar-refractivity contribution in [3.05, 3.63) is 60.4 Å². The maximum absolute atomic E-state index is 12.5. The lowest BCUT2D eigenvalue weighted by molar-refractivity contribution is -0.117. The average molecular weight is 269 g/mol. The van der Waals surface area contributed by atoms with Crippen LogP contribution in [0.4, 0.5) is 5.69 Å². The normalized spacial score (nSPS) is 11.8. The molecule has 0 saturated heterocycles. The molecule has 2 N–H and O–H groups in total. The molecule has 0 aliphatic heterocycles. The number of aromatic nitrogens is 1. The molecule has 1 aromatic heterocycles. The molecule has 2 rings (SSSR count). The van der Waals surface area contributed by atoms with E-state index in [4.69, 9.17) is 0 Å². The van der Waals surface area contributed by atoms with Crippen LogP contribution in [0.25, 0.3) is 0 Å². The van der Waals surface area contributed by atoms with Gasteiger partial charge >= 0.3 is 0 Å². The highest BCUT2D eigenvalue weighted by Crippen LogP contribution is 2.21. The van der Waals surface area contributed by atoms with Gasteiger partial charge in [0.2, 0.25) is 5.91 Å². The molecule has 0 unspecified atom stereocenters. The van der Waals surface area contributed by atoms with Crippen molar-refractivity contribution in [1.29, 1.82) is 0 Å². The molecule has 1 amide bonds. The number of pyridine rings is 1. The molecule has 104 valence electrons. The molecule has 2 aromatic rings. The van der Waals surface area contributed by atoms with Crippen molar-refractivity contribution in [3.8, 4) is 0 Å². The van der Waals surface area contributed by atoms with Crippen molar-refractivity contribution in [3.63, 3.8) is 0 Å². The smallest absolute Gasteiger partial charge is 0.232 e. The first kappa shape index (κ1) is 14.2. The van der Waals surface area contributed by atoms with Crippen LogP contribution in [0.1, 0.15) is 17.9 Å². The molecule has 0 bridgehead atoms. The lowest BCUT2D eigenvalue weighted by Gasteiger charge is -2.17. The number of carbonyl (C=O) groups excluding carboxylic acids is 1. The zero-order valence-electron chi connectivity index (χ0n) is 11.5. The van der Waals surface area contributed by atoms with Gasteiger partial charge in [0.05, 0.1) is 17.8 Å². The third-order valence-electron chi connectivity index (χ3n) is 3.13. The molecule has 0 aliphatic carbocycles. The lowest BCUT2D eigenvalue weighted by Crippen LogP contribution is -2.24. The Balaban J connectivity index is 2.12. The minimum Gasteiger partial charge on any atom is -0.324 e. The first-order valence-corrected chi connectivity index (χ1v) is 6.71. The first-order chi connectivity index (χ1) is 9.81. The quantitative estimate of drug-likeness (QED) is 0.846. The van der Waals surface area contributed by atoms with E-state index in [2.05, 4.69) is 15.6 Å². The number of nitrogens with one attached hydrogen (secondary N) is 2. The molecule has 1 heterocycles. The van der Waals surface area contributed by atoms with E-state index < -0.39 is 0 Å². The van der Waals surface area contributed by atoms with Gasteiger partial charge in [0, 0.05) is 6.20 Å². The van der Waals surface area contributed by atoms with Crippen molar-refractivity contribution in [2.24, 2.45) is 0 Å². The fraction of sp³-hybridized carbons (Fsp3) is 0.250. The van der Waals surface area contributed by atoms with E-state index in [1.807, 2.05) is 43.4 Å². The number of rotatable bonds is 6. The number of hydrogen-bond acceptors (Lipinski definition) is 3. The number of carbonyl (C=O) groups is 1. The number of anilines is 1. The second kappa shape index (κ2) is 7.40. The standard InChI is InChI=1S/C16H19N3O/c1-17-11-9-15(13-6-3-2-4-7-13)16(20)19-14-8-5-10-18-12-14/h2-8,10,12,15,17H,9,11H2,1H3,(H,19,20)/t15-/m0/s1. The summed E-state index contributed by atoms with van der Waals surface area (Å²) >= 11 is 0. The number of amides is 1. The molecule has 0 saturated carbocycles. The van der Waals surface area contributed by atoms with Gasteiger partial charge in [0.15, 0.2) is 0 Å². The molecule has 1 atom stereocenters. The topological polar surface area (TPSA) is 54.0 Å². The second-order valence-corrected chi connectivity index (χ2v) is 4.59. The predicted molar refractivity (Wildman–Crippen MR) is 80.6 cm³/mol. The van der Waals surface area contributed by atoms with Crippen LogP contribution < -0.4 is 10.6 Å². The summed E-state index contributed by atoms with van der Waals surface area (Å²) in [4.78, 5) is 16.5. The first-order valence-electron chi connectivity index (χ1n) is 6.71. The van der Waals surface area contributed by atoms with E-state index in [1.165, 1.54) is 0 Å². The zero-order valence-corrected chi connectivity index (χ0v) is 11.5. The highest BCUT2D eigenvalue weighted by atomic mass is 16.1. The number of nitrogens with zero attached hydrogens (tertiary/aromatic N) is 1. The summed E-state index contributed by atoms with van der Waals surface area (Å²) in [5.74, 6) is -0.164. The molecule has 4 nitrogen and oxygen atoms in total. The molecular formula is C16H19N3O. The van der Waals surface area contributed by atoms with Crippen molar-refractivity contribution < 1.29 is 4.79 Å². The van der Waals surface area contributed by atoms with Gasteiger partial charge in [0.1, 0.15) is 0 Å². The van der Waals surface area contributed by atoms with Crippen LogP contribution in [0, 0.1) is 0 Å². The summed E-state index contributed by atoms with van der Waals surface area (Å²) in [5.41, 5.74) is 1.76. The molecule has 0 fully saturated rings. The van der Waals surface area contributed by atoms with E-state index in [-0.39, 0.29) is 11.8 Å². The van der Waals surface area contributed by atoms with Crippen molar-refractivity contribution in [2.75, 3.05) is 18.9 Å². The van der Waals surface area contributed by atoms with Gasteiger partial charge < -0.3 is 10.6 Å². The molecule has 1 aromatic carbocycles.